The highest BCUT2D eigenvalue weighted by Crippen LogP contribution is 2.27. The molecule has 1 amide bonds. The molecule has 2 N–H and O–H groups in total. The summed E-state index contributed by atoms with van der Waals surface area (Å²) in [5, 5.41) is 6.73. The molecule has 0 unspecified atom stereocenters. The van der Waals surface area contributed by atoms with Gasteiger partial charge >= 0.3 is 0 Å². The lowest BCUT2D eigenvalue weighted by molar-refractivity contribution is -0.122. The van der Waals surface area contributed by atoms with Crippen LogP contribution in [0.15, 0.2) is 42.6 Å². The van der Waals surface area contributed by atoms with E-state index in [9.17, 15) is 4.79 Å². The van der Waals surface area contributed by atoms with E-state index in [1.165, 1.54) is 0 Å². The Bertz CT molecular complexity index is 638. The highest BCUT2D eigenvalue weighted by atomic mass is 35.5. The van der Waals surface area contributed by atoms with Gasteiger partial charge < -0.3 is 10.6 Å². The number of anilines is 3. The first-order valence-corrected chi connectivity index (χ1v) is 7.38. The minimum absolute atomic E-state index is 0.0959. The number of benzene rings is 1. The summed E-state index contributed by atoms with van der Waals surface area (Å²) in [6.07, 6.45) is 4.80. The lowest BCUT2D eigenvalue weighted by Crippen LogP contribution is -2.28. The molecule has 0 aliphatic heterocycles. The molecule has 3 rings (SSSR count). The van der Waals surface area contributed by atoms with Crippen LogP contribution in [-0.4, -0.2) is 10.9 Å². The maximum atomic E-state index is 11.8. The van der Waals surface area contributed by atoms with Crippen molar-refractivity contribution in [2.45, 2.75) is 19.3 Å². The van der Waals surface area contributed by atoms with Gasteiger partial charge in [-0.25, -0.2) is 4.98 Å². The molecule has 1 fully saturated rings. The minimum Gasteiger partial charge on any atom is -0.340 e. The molecule has 1 heterocycles. The molecule has 1 saturated carbocycles. The summed E-state index contributed by atoms with van der Waals surface area (Å²) >= 11 is 5.93. The summed E-state index contributed by atoms with van der Waals surface area (Å²) < 4.78 is 0. The fourth-order valence-electron chi connectivity index (χ4n) is 2.17. The standard InChI is InChI=1S/C16H16ClN3O/c17-12-5-2-6-13(9-12)19-15-8-7-14(10-18-15)20-16(21)11-3-1-4-11/h2,5-11H,1,3-4H2,(H,18,19)(H,20,21). The molecule has 0 atom stereocenters. The average molecular weight is 302 g/mol. The van der Waals surface area contributed by atoms with Crippen LogP contribution in [0.5, 0.6) is 0 Å². The summed E-state index contributed by atoms with van der Waals surface area (Å²) in [6.45, 7) is 0. The predicted molar refractivity (Wildman–Crippen MR) is 84.9 cm³/mol. The smallest absolute Gasteiger partial charge is 0.227 e. The van der Waals surface area contributed by atoms with Gasteiger partial charge in [-0.15, -0.1) is 0 Å². The Balaban J connectivity index is 1.62. The minimum atomic E-state index is 0.0959. The van der Waals surface area contributed by atoms with E-state index in [-0.39, 0.29) is 11.8 Å². The maximum absolute atomic E-state index is 11.8. The Morgan fingerprint density at radius 1 is 1.19 bits per heavy atom. The predicted octanol–water partition coefficient (Wildman–Crippen LogP) is 4.22. The van der Waals surface area contributed by atoms with Gasteiger partial charge in [-0.05, 0) is 43.2 Å². The summed E-state index contributed by atoms with van der Waals surface area (Å²) in [5.41, 5.74) is 1.60. The molecule has 1 aromatic carbocycles. The normalized spacial score (nSPS) is 14.3. The number of rotatable bonds is 4. The van der Waals surface area contributed by atoms with E-state index in [1.54, 1.807) is 6.20 Å². The lowest BCUT2D eigenvalue weighted by Gasteiger charge is -2.23. The van der Waals surface area contributed by atoms with Gasteiger partial charge in [0, 0.05) is 16.6 Å². The van der Waals surface area contributed by atoms with Gasteiger partial charge in [-0.1, -0.05) is 24.1 Å². The van der Waals surface area contributed by atoms with E-state index in [0.717, 1.165) is 30.6 Å². The number of pyridine rings is 1. The molecule has 1 aliphatic carbocycles. The molecule has 1 aromatic heterocycles. The van der Waals surface area contributed by atoms with Crippen molar-refractivity contribution < 1.29 is 4.79 Å². The highest BCUT2D eigenvalue weighted by Gasteiger charge is 2.25. The molecule has 2 aromatic rings. The van der Waals surface area contributed by atoms with Gasteiger partial charge in [-0.2, -0.15) is 0 Å². The topological polar surface area (TPSA) is 54.0 Å². The molecule has 0 spiro atoms. The quantitative estimate of drug-likeness (QED) is 0.889. The Hall–Kier alpha value is -2.07. The molecular weight excluding hydrogens is 286 g/mol. The SMILES string of the molecule is O=C(Nc1ccc(Nc2cccc(Cl)c2)nc1)C1CCC1. The van der Waals surface area contributed by atoms with E-state index in [2.05, 4.69) is 15.6 Å². The summed E-state index contributed by atoms with van der Waals surface area (Å²) in [4.78, 5) is 16.1. The van der Waals surface area contributed by atoms with Crippen molar-refractivity contribution >= 4 is 34.7 Å². The van der Waals surface area contributed by atoms with E-state index in [0.29, 0.717) is 10.8 Å². The molecule has 108 valence electrons. The van der Waals surface area contributed by atoms with Crippen molar-refractivity contribution in [3.8, 4) is 0 Å². The third-order valence-corrected chi connectivity index (χ3v) is 3.84. The van der Waals surface area contributed by atoms with Gasteiger partial charge in [0.25, 0.3) is 0 Å². The number of hydrogen-bond acceptors (Lipinski definition) is 3. The van der Waals surface area contributed by atoms with Crippen LogP contribution < -0.4 is 10.6 Å². The fraction of sp³-hybridized carbons (Fsp3) is 0.250. The van der Waals surface area contributed by atoms with Crippen LogP contribution in [-0.2, 0) is 4.79 Å². The number of nitrogens with one attached hydrogen (secondary N) is 2. The summed E-state index contributed by atoms with van der Waals surface area (Å²) in [5.74, 6) is 0.978. The van der Waals surface area contributed by atoms with Crippen molar-refractivity contribution in [2.75, 3.05) is 10.6 Å². The van der Waals surface area contributed by atoms with Crippen LogP contribution in [0.4, 0.5) is 17.2 Å². The van der Waals surface area contributed by atoms with Gasteiger partial charge in [0.05, 0.1) is 11.9 Å². The second kappa shape index (κ2) is 6.14. The van der Waals surface area contributed by atoms with E-state index >= 15 is 0 Å². The Morgan fingerprint density at radius 2 is 2.05 bits per heavy atom. The Kier molecular flexibility index (Phi) is 4.06. The van der Waals surface area contributed by atoms with Crippen molar-refractivity contribution in [3.63, 3.8) is 0 Å². The molecular formula is C16H16ClN3O. The van der Waals surface area contributed by atoms with Crippen molar-refractivity contribution in [1.82, 2.24) is 4.98 Å². The first-order valence-electron chi connectivity index (χ1n) is 7.00. The molecule has 1 aliphatic rings. The number of aromatic nitrogens is 1. The zero-order valence-corrected chi connectivity index (χ0v) is 12.2. The first kappa shape index (κ1) is 13.9. The largest absolute Gasteiger partial charge is 0.340 e. The van der Waals surface area contributed by atoms with Gasteiger partial charge in [0.2, 0.25) is 5.91 Å². The van der Waals surface area contributed by atoms with Crippen LogP contribution >= 0.6 is 11.6 Å². The molecule has 21 heavy (non-hydrogen) atoms. The van der Waals surface area contributed by atoms with Crippen LogP contribution in [0.2, 0.25) is 5.02 Å². The van der Waals surface area contributed by atoms with E-state index in [1.807, 2.05) is 36.4 Å². The molecule has 0 radical (unpaired) electrons. The van der Waals surface area contributed by atoms with Crippen molar-refractivity contribution in [1.29, 1.82) is 0 Å². The number of carbonyl (C=O) groups excluding carboxylic acids is 1. The molecule has 0 bridgehead atoms. The molecule has 0 saturated heterocycles. The third-order valence-electron chi connectivity index (χ3n) is 3.60. The van der Waals surface area contributed by atoms with Crippen molar-refractivity contribution in [3.05, 3.63) is 47.6 Å². The molecule has 4 nitrogen and oxygen atoms in total. The van der Waals surface area contributed by atoms with Crippen LogP contribution in [0, 0.1) is 5.92 Å². The van der Waals surface area contributed by atoms with Crippen LogP contribution in [0.1, 0.15) is 19.3 Å². The summed E-state index contributed by atoms with van der Waals surface area (Å²) in [6, 6.07) is 11.1. The van der Waals surface area contributed by atoms with Gasteiger partial charge in [0.15, 0.2) is 0 Å². The second-order valence-electron chi connectivity index (χ2n) is 5.18. The Labute approximate surface area is 128 Å². The van der Waals surface area contributed by atoms with Crippen molar-refractivity contribution in [2.24, 2.45) is 5.92 Å². The van der Waals surface area contributed by atoms with E-state index in [4.69, 9.17) is 11.6 Å². The first-order chi connectivity index (χ1) is 10.2. The third kappa shape index (κ3) is 3.52. The summed E-state index contributed by atoms with van der Waals surface area (Å²) in [7, 11) is 0. The maximum Gasteiger partial charge on any atom is 0.227 e. The highest BCUT2D eigenvalue weighted by molar-refractivity contribution is 6.30. The Morgan fingerprint density at radius 3 is 2.67 bits per heavy atom. The van der Waals surface area contributed by atoms with Crippen LogP contribution in [0.3, 0.4) is 0 Å². The second-order valence-corrected chi connectivity index (χ2v) is 5.62. The number of amides is 1. The number of nitrogens with zero attached hydrogens (tertiary/aromatic N) is 1. The van der Waals surface area contributed by atoms with E-state index < -0.39 is 0 Å². The number of hydrogen-bond donors (Lipinski definition) is 2. The fourth-order valence-corrected chi connectivity index (χ4v) is 2.36. The zero-order chi connectivity index (χ0) is 14.7. The van der Waals surface area contributed by atoms with Gasteiger partial charge in [0.1, 0.15) is 5.82 Å². The zero-order valence-electron chi connectivity index (χ0n) is 11.5. The molecule has 5 heteroatoms. The van der Waals surface area contributed by atoms with Crippen LogP contribution in [0.25, 0.3) is 0 Å². The number of carbonyl (C=O) groups is 1. The average Bonchev–Trinajstić information content (AvgIpc) is 2.39. The van der Waals surface area contributed by atoms with Gasteiger partial charge in [-0.3, -0.25) is 4.79 Å². The number of halogens is 1. The monoisotopic (exact) mass is 301 g/mol. The lowest BCUT2D eigenvalue weighted by atomic mass is 9.85.